The van der Waals surface area contributed by atoms with Crippen LogP contribution in [0.25, 0.3) is 11.1 Å². The smallest absolute Gasteiger partial charge is 0.115 e. The minimum absolute atomic E-state index is 0.267. The molecule has 2 nitrogen and oxygen atoms in total. The Morgan fingerprint density at radius 3 is 2.14 bits per heavy atom. The van der Waals surface area contributed by atoms with Crippen molar-refractivity contribution in [2.75, 3.05) is 5.73 Å². The zero-order valence-electron chi connectivity index (χ0n) is 7.64. The van der Waals surface area contributed by atoms with Crippen molar-refractivity contribution in [3.63, 3.8) is 0 Å². The number of anilines is 1. The zero-order chi connectivity index (χ0) is 9.97. The lowest BCUT2D eigenvalue weighted by atomic mass is 10.0. The van der Waals surface area contributed by atoms with E-state index in [9.17, 15) is 0 Å². The first-order valence-corrected chi connectivity index (χ1v) is 4.41. The van der Waals surface area contributed by atoms with Gasteiger partial charge in [-0.2, -0.15) is 0 Å². The Kier molecular flexibility index (Phi) is 2.11. The molecular weight excluding hydrogens is 174 g/mol. The molecule has 0 aliphatic carbocycles. The Balaban J connectivity index is 2.50. The van der Waals surface area contributed by atoms with Crippen LogP contribution in [0.3, 0.4) is 0 Å². The lowest BCUT2D eigenvalue weighted by Crippen LogP contribution is -1.88. The number of para-hydroxylation sites is 1. The molecule has 0 saturated carbocycles. The topological polar surface area (TPSA) is 46.2 Å². The van der Waals surface area contributed by atoms with Crippen LogP contribution in [0.15, 0.2) is 48.5 Å². The molecule has 0 aliphatic heterocycles. The second kappa shape index (κ2) is 3.42. The van der Waals surface area contributed by atoms with Gasteiger partial charge in [0.15, 0.2) is 0 Å². The summed E-state index contributed by atoms with van der Waals surface area (Å²) in [6.45, 7) is 0. The fourth-order valence-corrected chi connectivity index (χ4v) is 1.40. The molecule has 0 atom stereocenters. The predicted octanol–water partition coefficient (Wildman–Crippen LogP) is 2.64. The van der Waals surface area contributed by atoms with E-state index in [2.05, 4.69) is 0 Å². The van der Waals surface area contributed by atoms with Crippen LogP contribution in [0.5, 0.6) is 5.75 Å². The SMILES string of the molecule is Nc1ccccc1-c1ccc(O)cc1. The lowest BCUT2D eigenvalue weighted by molar-refractivity contribution is 0.475. The third kappa shape index (κ3) is 1.55. The summed E-state index contributed by atoms with van der Waals surface area (Å²) in [6.07, 6.45) is 0. The molecule has 0 spiro atoms. The van der Waals surface area contributed by atoms with Crippen molar-refractivity contribution in [3.8, 4) is 16.9 Å². The van der Waals surface area contributed by atoms with Gasteiger partial charge in [0.25, 0.3) is 0 Å². The highest BCUT2D eigenvalue weighted by Crippen LogP contribution is 2.26. The van der Waals surface area contributed by atoms with Crippen LogP contribution in [-0.4, -0.2) is 5.11 Å². The first kappa shape index (κ1) is 8.63. The van der Waals surface area contributed by atoms with Crippen molar-refractivity contribution in [2.45, 2.75) is 0 Å². The molecule has 0 fully saturated rings. The van der Waals surface area contributed by atoms with Crippen LogP contribution in [0.4, 0.5) is 5.69 Å². The highest BCUT2D eigenvalue weighted by Gasteiger charge is 2.00. The molecule has 14 heavy (non-hydrogen) atoms. The zero-order valence-corrected chi connectivity index (χ0v) is 7.64. The van der Waals surface area contributed by atoms with Crippen molar-refractivity contribution in [1.29, 1.82) is 0 Å². The Morgan fingerprint density at radius 1 is 0.857 bits per heavy atom. The lowest BCUT2D eigenvalue weighted by Gasteiger charge is -2.04. The molecule has 0 aliphatic rings. The summed E-state index contributed by atoms with van der Waals surface area (Å²) in [5.41, 5.74) is 8.58. The van der Waals surface area contributed by atoms with Crippen LogP contribution >= 0.6 is 0 Å². The molecule has 2 aromatic carbocycles. The fraction of sp³-hybridized carbons (Fsp3) is 0. The van der Waals surface area contributed by atoms with E-state index in [1.54, 1.807) is 12.1 Å². The Hall–Kier alpha value is -1.96. The van der Waals surface area contributed by atoms with E-state index in [1.165, 1.54) is 0 Å². The average Bonchev–Trinajstić information content (AvgIpc) is 2.20. The number of benzene rings is 2. The minimum atomic E-state index is 0.267. The standard InChI is InChI=1S/C12H11NO/c13-12-4-2-1-3-11(12)9-5-7-10(14)8-6-9/h1-8,14H,13H2. The summed E-state index contributed by atoms with van der Waals surface area (Å²) >= 11 is 0. The van der Waals surface area contributed by atoms with Crippen molar-refractivity contribution < 1.29 is 5.11 Å². The Morgan fingerprint density at radius 2 is 1.50 bits per heavy atom. The second-order valence-electron chi connectivity index (χ2n) is 3.13. The molecule has 70 valence electrons. The van der Waals surface area contributed by atoms with Crippen LogP contribution in [-0.2, 0) is 0 Å². The molecule has 2 aromatic rings. The van der Waals surface area contributed by atoms with Gasteiger partial charge >= 0.3 is 0 Å². The number of nitrogen functional groups attached to an aromatic ring is 1. The van der Waals surface area contributed by atoms with E-state index in [0.29, 0.717) is 0 Å². The van der Waals surface area contributed by atoms with Gasteiger partial charge in [0.05, 0.1) is 0 Å². The van der Waals surface area contributed by atoms with Crippen LogP contribution in [0.1, 0.15) is 0 Å². The van der Waals surface area contributed by atoms with Crippen LogP contribution < -0.4 is 5.73 Å². The maximum Gasteiger partial charge on any atom is 0.115 e. The maximum absolute atomic E-state index is 9.14. The highest BCUT2D eigenvalue weighted by atomic mass is 16.3. The Bertz CT molecular complexity index is 434. The van der Waals surface area contributed by atoms with Crippen molar-refractivity contribution in [1.82, 2.24) is 0 Å². The van der Waals surface area contributed by atoms with Gasteiger partial charge in [-0.3, -0.25) is 0 Å². The third-order valence-corrected chi connectivity index (χ3v) is 2.14. The molecule has 0 bridgehead atoms. The molecule has 3 N–H and O–H groups in total. The predicted molar refractivity (Wildman–Crippen MR) is 58.0 cm³/mol. The van der Waals surface area contributed by atoms with Crippen molar-refractivity contribution >= 4 is 5.69 Å². The maximum atomic E-state index is 9.14. The molecule has 0 unspecified atom stereocenters. The second-order valence-corrected chi connectivity index (χ2v) is 3.13. The third-order valence-electron chi connectivity index (χ3n) is 2.14. The van der Waals surface area contributed by atoms with E-state index < -0.39 is 0 Å². The summed E-state index contributed by atoms with van der Waals surface area (Å²) in [5.74, 6) is 0.267. The average molecular weight is 185 g/mol. The summed E-state index contributed by atoms with van der Waals surface area (Å²) in [4.78, 5) is 0. The summed E-state index contributed by atoms with van der Waals surface area (Å²) in [7, 11) is 0. The number of nitrogens with two attached hydrogens (primary N) is 1. The molecule has 0 aromatic heterocycles. The fourth-order valence-electron chi connectivity index (χ4n) is 1.40. The van der Waals surface area contributed by atoms with Crippen LogP contribution in [0, 0.1) is 0 Å². The molecule has 2 heteroatoms. The van der Waals surface area contributed by atoms with Gasteiger partial charge in [-0.25, -0.2) is 0 Å². The highest BCUT2D eigenvalue weighted by molar-refractivity contribution is 5.76. The summed E-state index contributed by atoms with van der Waals surface area (Å²) in [6, 6.07) is 14.7. The quantitative estimate of drug-likeness (QED) is 0.671. The minimum Gasteiger partial charge on any atom is -0.508 e. The molecular formula is C12H11NO. The molecule has 0 radical (unpaired) electrons. The van der Waals surface area contributed by atoms with Gasteiger partial charge in [0.1, 0.15) is 5.75 Å². The van der Waals surface area contributed by atoms with E-state index >= 15 is 0 Å². The van der Waals surface area contributed by atoms with E-state index in [1.807, 2.05) is 36.4 Å². The molecule has 2 rings (SSSR count). The van der Waals surface area contributed by atoms with Gasteiger partial charge in [0.2, 0.25) is 0 Å². The largest absolute Gasteiger partial charge is 0.508 e. The number of hydrogen-bond donors (Lipinski definition) is 2. The first-order valence-electron chi connectivity index (χ1n) is 4.41. The van der Waals surface area contributed by atoms with Gasteiger partial charge in [-0.05, 0) is 23.8 Å². The van der Waals surface area contributed by atoms with E-state index in [0.717, 1.165) is 16.8 Å². The number of phenolic OH excluding ortho intramolecular Hbond substituents is 1. The molecule has 0 saturated heterocycles. The van der Waals surface area contributed by atoms with Gasteiger partial charge in [-0.1, -0.05) is 30.3 Å². The number of rotatable bonds is 1. The van der Waals surface area contributed by atoms with E-state index in [4.69, 9.17) is 10.8 Å². The van der Waals surface area contributed by atoms with Gasteiger partial charge < -0.3 is 10.8 Å². The van der Waals surface area contributed by atoms with Crippen molar-refractivity contribution in [3.05, 3.63) is 48.5 Å². The molecule has 0 heterocycles. The first-order chi connectivity index (χ1) is 6.77. The van der Waals surface area contributed by atoms with Crippen molar-refractivity contribution in [2.24, 2.45) is 0 Å². The Labute approximate surface area is 82.6 Å². The van der Waals surface area contributed by atoms with Gasteiger partial charge in [-0.15, -0.1) is 0 Å². The van der Waals surface area contributed by atoms with Crippen LogP contribution in [0.2, 0.25) is 0 Å². The molecule has 0 amide bonds. The summed E-state index contributed by atoms with van der Waals surface area (Å²) < 4.78 is 0. The number of phenols is 1. The van der Waals surface area contributed by atoms with E-state index in [-0.39, 0.29) is 5.75 Å². The van der Waals surface area contributed by atoms with Gasteiger partial charge in [0, 0.05) is 11.3 Å². The number of hydrogen-bond acceptors (Lipinski definition) is 2. The number of aromatic hydroxyl groups is 1. The summed E-state index contributed by atoms with van der Waals surface area (Å²) in [5, 5.41) is 9.14. The normalized spacial score (nSPS) is 10.0. The monoisotopic (exact) mass is 185 g/mol.